The molecule has 8 aromatic rings. The zero-order valence-electron chi connectivity index (χ0n) is 29.4. The minimum Gasteiger partial charge on any atom is -0.367 e. The lowest BCUT2D eigenvalue weighted by molar-refractivity contribution is 0.725. The summed E-state index contributed by atoms with van der Waals surface area (Å²) in [5.74, 6) is 0.323. The van der Waals surface area contributed by atoms with Gasteiger partial charge in [0.1, 0.15) is 0 Å². The number of benzene rings is 7. The number of aryl methyl sites for hydroxylation is 1. The number of hydrogen-bond acceptors (Lipinski definition) is 1. The largest absolute Gasteiger partial charge is 0.367 e. The third kappa shape index (κ3) is 5.02. The predicted molar refractivity (Wildman–Crippen MR) is 221 cm³/mol. The number of allylic oxidation sites excluding steroid dienone is 2. The molecule has 0 fully saturated rings. The van der Waals surface area contributed by atoms with E-state index in [0.717, 1.165) is 0 Å². The lowest BCUT2D eigenvalue weighted by atomic mass is 9.85. The highest BCUT2D eigenvalue weighted by molar-refractivity contribution is 6.10. The van der Waals surface area contributed by atoms with Crippen LogP contribution in [-0.2, 0) is 7.05 Å². The van der Waals surface area contributed by atoms with E-state index in [9.17, 15) is 0 Å². The average molecular weight is 667 g/mol. The summed E-state index contributed by atoms with van der Waals surface area (Å²) in [5, 5.41) is 2.57. The molecule has 0 saturated carbocycles. The Labute approximate surface area is 305 Å². The Hall–Kier alpha value is -6.38. The van der Waals surface area contributed by atoms with Gasteiger partial charge in [0, 0.05) is 47.5 Å². The van der Waals surface area contributed by atoms with Crippen molar-refractivity contribution in [3.05, 3.63) is 193 Å². The zero-order chi connectivity index (χ0) is 34.8. The molecule has 2 unspecified atom stereocenters. The van der Waals surface area contributed by atoms with Gasteiger partial charge in [0.05, 0.1) is 6.04 Å². The first-order valence-electron chi connectivity index (χ1n) is 18.2. The molecular weight excluding hydrogens is 629 g/mol. The molecule has 0 bridgehead atoms. The zero-order valence-corrected chi connectivity index (χ0v) is 29.4. The van der Waals surface area contributed by atoms with Gasteiger partial charge in [-0.05, 0) is 110 Å². The van der Waals surface area contributed by atoms with Crippen molar-refractivity contribution in [2.75, 3.05) is 11.9 Å². The highest BCUT2D eigenvalue weighted by atomic mass is 15.2. The molecule has 10 rings (SSSR count). The van der Waals surface area contributed by atoms with Crippen LogP contribution in [0.1, 0.15) is 17.0 Å². The molecule has 2 heterocycles. The first-order chi connectivity index (χ1) is 25.6. The number of likely N-dealkylation sites (N-methyl/N-ethyl adjacent to an activating group) is 1. The van der Waals surface area contributed by atoms with E-state index in [1.807, 2.05) is 0 Å². The lowest BCUT2D eigenvalue weighted by Crippen LogP contribution is -2.29. The van der Waals surface area contributed by atoms with Crippen LogP contribution in [0.25, 0.3) is 71.9 Å². The highest BCUT2D eigenvalue weighted by Crippen LogP contribution is 2.46. The fraction of sp³-hybridized carbons (Fsp3) is 0.0800. The maximum atomic E-state index is 2.46. The molecule has 248 valence electrons. The minimum absolute atomic E-state index is 0.323. The SMILES string of the molecule is CN1c2ccc(-c3cccc(-c4cccc(-c5ccc6c(c5)c5cc(-c7ccccc7)ccc5n6C)c4)c3)cc2C2C=C(c3ccccc3)C=CC21. The van der Waals surface area contributed by atoms with E-state index < -0.39 is 0 Å². The summed E-state index contributed by atoms with van der Waals surface area (Å²) in [5.41, 5.74) is 17.6. The number of hydrogen-bond donors (Lipinski definition) is 0. The Morgan fingerprint density at radius 3 is 1.50 bits per heavy atom. The topological polar surface area (TPSA) is 8.17 Å². The molecule has 2 aliphatic rings. The van der Waals surface area contributed by atoms with Gasteiger partial charge in [0.2, 0.25) is 0 Å². The van der Waals surface area contributed by atoms with Crippen molar-refractivity contribution in [3.63, 3.8) is 0 Å². The Morgan fingerprint density at radius 1 is 0.423 bits per heavy atom. The van der Waals surface area contributed by atoms with Gasteiger partial charge >= 0.3 is 0 Å². The monoisotopic (exact) mass is 666 g/mol. The molecule has 0 spiro atoms. The fourth-order valence-electron chi connectivity index (χ4n) is 8.58. The fourth-order valence-corrected chi connectivity index (χ4v) is 8.58. The van der Waals surface area contributed by atoms with Crippen molar-refractivity contribution in [3.8, 4) is 44.5 Å². The van der Waals surface area contributed by atoms with Gasteiger partial charge in [-0.15, -0.1) is 0 Å². The summed E-state index contributed by atoms with van der Waals surface area (Å²) < 4.78 is 2.31. The van der Waals surface area contributed by atoms with Crippen molar-refractivity contribution >= 4 is 33.1 Å². The van der Waals surface area contributed by atoms with Gasteiger partial charge in [-0.2, -0.15) is 0 Å². The number of rotatable bonds is 5. The van der Waals surface area contributed by atoms with Crippen LogP contribution in [0.15, 0.2) is 182 Å². The van der Waals surface area contributed by atoms with E-state index >= 15 is 0 Å². The molecule has 0 amide bonds. The van der Waals surface area contributed by atoms with Crippen LogP contribution >= 0.6 is 0 Å². The maximum Gasteiger partial charge on any atom is 0.0577 e. The summed E-state index contributed by atoms with van der Waals surface area (Å²) in [7, 11) is 4.39. The number of fused-ring (bicyclic) bond motifs is 6. The molecule has 1 aromatic heterocycles. The summed E-state index contributed by atoms with van der Waals surface area (Å²) in [6.45, 7) is 0. The molecule has 1 aliphatic carbocycles. The van der Waals surface area contributed by atoms with Crippen molar-refractivity contribution in [2.45, 2.75) is 12.0 Å². The summed E-state index contributed by atoms with van der Waals surface area (Å²) in [6.07, 6.45) is 7.13. The van der Waals surface area contributed by atoms with Crippen LogP contribution in [-0.4, -0.2) is 17.7 Å². The van der Waals surface area contributed by atoms with E-state index in [1.165, 1.54) is 88.7 Å². The molecule has 2 atom stereocenters. The van der Waals surface area contributed by atoms with Gasteiger partial charge in [-0.1, -0.05) is 133 Å². The van der Waals surface area contributed by atoms with Gasteiger partial charge in [-0.3, -0.25) is 0 Å². The van der Waals surface area contributed by atoms with Gasteiger partial charge in [0.25, 0.3) is 0 Å². The third-order valence-corrected chi connectivity index (χ3v) is 11.4. The van der Waals surface area contributed by atoms with E-state index in [4.69, 9.17) is 0 Å². The number of anilines is 1. The predicted octanol–water partition coefficient (Wildman–Crippen LogP) is 12.6. The second kappa shape index (κ2) is 12.1. The number of aromatic nitrogens is 1. The Bertz CT molecular complexity index is 2710. The molecule has 52 heavy (non-hydrogen) atoms. The van der Waals surface area contributed by atoms with Gasteiger partial charge < -0.3 is 9.47 Å². The second-order valence-corrected chi connectivity index (χ2v) is 14.3. The molecule has 0 saturated heterocycles. The van der Waals surface area contributed by atoms with E-state index in [1.54, 1.807) is 0 Å². The van der Waals surface area contributed by atoms with Gasteiger partial charge in [-0.25, -0.2) is 0 Å². The van der Waals surface area contributed by atoms with Crippen molar-refractivity contribution in [2.24, 2.45) is 7.05 Å². The smallest absolute Gasteiger partial charge is 0.0577 e. The van der Waals surface area contributed by atoms with Gasteiger partial charge in [0.15, 0.2) is 0 Å². The summed E-state index contributed by atoms with van der Waals surface area (Å²) >= 11 is 0. The van der Waals surface area contributed by atoms with E-state index in [2.05, 4.69) is 206 Å². The Balaban J connectivity index is 0.991. The third-order valence-electron chi connectivity index (χ3n) is 11.4. The van der Waals surface area contributed by atoms with Crippen LogP contribution in [0, 0.1) is 0 Å². The van der Waals surface area contributed by atoms with Crippen molar-refractivity contribution < 1.29 is 0 Å². The molecule has 0 radical (unpaired) electrons. The minimum atomic E-state index is 0.323. The highest BCUT2D eigenvalue weighted by Gasteiger charge is 2.35. The van der Waals surface area contributed by atoms with Crippen molar-refractivity contribution in [1.82, 2.24) is 4.57 Å². The van der Waals surface area contributed by atoms with Crippen LogP contribution in [0.2, 0.25) is 0 Å². The van der Waals surface area contributed by atoms with E-state index in [-0.39, 0.29) is 0 Å². The normalized spacial score (nSPS) is 16.3. The first-order valence-corrected chi connectivity index (χ1v) is 18.2. The summed E-state index contributed by atoms with van der Waals surface area (Å²) in [6, 6.07) is 60.5. The van der Waals surface area contributed by atoms with Crippen LogP contribution in [0.3, 0.4) is 0 Å². The Morgan fingerprint density at radius 2 is 0.904 bits per heavy atom. The van der Waals surface area contributed by atoms with Crippen molar-refractivity contribution in [1.29, 1.82) is 0 Å². The lowest BCUT2D eigenvalue weighted by Gasteiger charge is -2.25. The maximum absolute atomic E-state index is 2.46. The quantitative estimate of drug-likeness (QED) is 0.177. The Kier molecular flexibility index (Phi) is 7.11. The first kappa shape index (κ1) is 30.4. The molecule has 2 heteroatoms. The molecule has 1 aliphatic heterocycles. The molecule has 0 N–H and O–H groups in total. The second-order valence-electron chi connectivity index (χ2n) is 14.3. The van der Waals surface area contributed by atoms with Crippen LogP contribution < -0.4 is 4.90 Å². The molecular formula is C50H38N2. The molecule has 7 aromatic carbocycles. The average Bonchev–Trinajstić information content (AvgIpc) is 3.66. The summed E-state index contributed by atoms with van der Waals surface area (Å²) in [4.78, 5) is 2.43. The molecule has 2 nitrogen and oxygen atoms in total. The van der Waals surface area contributed by atoms with E-state index in [0.29, 0.717) is 12.0 Å². The van der Waals surface area contributed by atoms with Crippen LogP contribution in [0.5, 0.6) is 0 Å². The standard InChI is InChI=1S/C50H38N2/c1-51-47-23-19-39(33-11-5-3-6-12-33)29-43(47)45-31-41(21-25-49(45)51)37-17-9-15-35(27-37)36-16-10-18-38(28-36)42-22-26-50-46(32-42)44-30-40(20-24-48(44)52(50)2)34-13-7-4-8-14-34/h3-32,43,47H,1-2H3. The number of nitrogens with zero attached hydrogens (tertiary/aromatic N) is 2. The van der Waals surface area contributed by atoms with Crippen LogP contribution in [0.4, 0.5) is 5.69 Å².